The number of anilines is 1. The molecule has 176 valence electrons. The van der Waals surface area contributed by atoms with Gasteiger partial charge in [-0.1, -0.05) is 29.8 Å². The number of nitrogens with one attached hydrogen (secondary N) is 1. The van der Waals surface area contributed by atoms with Crippen LogP contribution < -0.4 is 19.8 Å². The average Bonchev–Trinajstić information content (AvgIpc) is 3.39. The number of ether oxygens (including phenoxy) is 2. The lowest BCUT2D eigenvalue weighted by Crippen LogP contribution is -2.19. The van der Waals surface area contributed by atoms with E-state index in [2.05, 4.69) is 31.4 Å². The number of carbonyl (C=O) groups is 1. The molecular weight excluding hydrogens is 518 g/mol. The molecule has 3 aromatic rings. The Morgan fingerprint density at radius 2 is 1.88 bits per heavy atom. The number of halogens is 2. The summed E-state index contributed by atoms with van der Waals surface area (Å²) in [6.45, 7) is 2.44. The minimum absolute atomic E-state index is 0.269. The summed E-state index contributed by atoms with van der Waals surface area (Å²) >= 11 is 9.75. The molecule has 34 heavy (non-hydrogen) atoms. The lowest BCUT2D eigenvalue weighted by atomic mass is 10.2. The van der Waals surface area contributed by atoms with E-state index in [1.165, 1.54) is 12.8 Å². The minimum Gasteiger partial charge on any atom is -0.493 e. The van der Waals surface area contributed by atoms with E-state index in [0.29, 0.717) is 33.2 Å². The Kier molecular flexibility index (Phi) is 8.08. The van der Waals surface area contributed by atoms with Crippen LogP contribution in [-0.2, 0) is 6.61 Å². The second kappa shape index (κ2) is 11.4. The molecule has 6 nitrogen and oxygen atoms in total. The van der Waals surface area contributed by atoms with Gasteiger partial charge in [0.05, 0.1) is 17.8 Å². The molecule has 1 aliphatic rings. The maximum absolute atomic E-state index is 12.5. The molecule has 0 aromatic heterocycles. The summed E-state index contributed by atoms with van der Waals surface area (Å²) in [6.07, 6.45) is 3.99. The third kappa shape index (κ3) is 5.90. The van der Waals surface area contributed by atoms with Crippen LogP contribution >= 0.6 is 27.5 Å². The van der Waals surface area contributed by atoms with Crippen LogP contribution in [0.2, 0.25) is 5.02 Å². The highest BCUT2D eigenvalue weighted by Gasteiger charge is 2.14. The highest BCUT2D eigenvalue weighted by atomic mass is 79.9. The second-order valence-electron chi connectivity index (χ2n) is 7.85. The number of rotatable bonds is 8. The van der Waals surface area contributed by atoms with Crippen LogP contribution in [0, 0.1) is 0 Å². The normalized spacial score (nSPS) is 13.3. The average molecular weight is 543 g/mol. The van der Waals surface area contributed by atoms with Crippen molar-refractivity contribution >= 4 is 45.3 Å². The minimum atomic E-state index is -0.269. The maximum Gasteiger partial charge on any atom is 0.271 e. The van der Waals surface area contributed by atoms with E-state index in [1.807, 2.05) is 54.6 Å². The van der Waals surface area contributed by atoms with Gasteiger partial charge in [0.2, 0.25) is 0 Å². The van der Waals surface area contributed by atoms with Gasteiger partial charge in [-0.05, 0) is 76.8 Å². The zero-order valence-corrected chi connectivity index (χ0v) is 21.1. The molecule has 1 N–H and O–H groups in total. The first-order valence-corrected chi connectivity index (χ1v) is 12.1. The molecule has 1 heterocycles. The van der Waals surface area contributed by atoms with Gasteiger partial charge < -0.3 is 14.4 Å². The van der Waals surface area contributed by atoms with Gasteiger partial charge in [0.25, 0.3) is 5.91 Å². The van der Waals surface area contributed by atoms with E-state index in [1.54, 1.807) is 19.4 Å². The van der Waals surface area contributed by atoms with Crippen molar-refractivity contribution in [1.29, 1.82) is 0 Å². The first kappa shape index (κ1) is 24.1. The van der Waals surface area contributed by atoms with Crippen molar-refractivity contribution in [3.63, 3.8) is 0 Å². The van der Waals surface area contributed by atoms with Crippen molar-refractivity contribution in [3.8, 4) is 11.5 Å². The van der Waals surface area contributed by atoms with E-state index in [-0.39, 0.29) is 5.91 Å². The van der Waals surface area contributed by atoms with E-state index in [9.17, 15) is 4.79 Å². The first-order valence-electron chi connectivity index (χ1n) is 11.0. The predicted molar refractivity (Wildman–Crippen MR) is 139 cm³/mol. The summed E-state index contributed by atoms with van der Waals surface area (Å²) in [4.78, 5) is 14.8. The largest absolute Gasteiger partial charge is 0.493 e. The van der Waals surface area contributed by atoms with Gasteiger partial charge in [-0.2, -0.15) is 5.10 Å². The van der Waals surface area contributed by atoms with Crippen LogP contribution in [0.15, 0.2) is 70.2 Å². The fourth-order valence-electron chi connectivity index (χ4n) is 3.75. The monoisotopic (exact) mass is 541 g/mol. The van der Waals surface area contributed by atoms with Crippen molar-refractivity contribution in [3.05, 3.63) is 86.8 Å². The Morgan fingerprint density at radius 3 is 2.59 bits per heavy atom. The van der Waals surface area contributed by atoms with Gasteiger partial charge >= 0.3 is 0 Å². The Labute approximate surface area is 212 Å². The van der Waals surface area contributed by atoms with E-state index >= 15 is 0 Å². The molecule has 1 saturated heterocycles. The van der Waals surface area contributed by atoms with Gasteiger partial charge in [-0.3, -0.25) is 4.79 Å². The molecule has 1 fully saturated rings. The number of benzene rings is 3. The standard InChI is InChI=1S/C26H25BrClN3O3/c1-33-24-15-18(14-22(27)25(24)34-17-20-6-2-3-7-23(20)28)16-29-30-26(32)19-8-10-21(11-9-19)31-12-4-5-13-31/h2-3,6-11,14-16H,4-5,12-13,17H2,1H3,(H,30,32)/b29-16+. The van der Waals surface area contributed by atoms with Crippen molar-refractivity contribution in [1.82, 2.24) is 5.43 Å². The number of nitrogens with zero attached hydrogens (tertiary/aromatic N) is 2. The smallest absolute Gasteiger partial charge is 0.271 e. The van der Waals surface area contributed by atoms with Crippen LogP contribution in [0.3, 0.4) is 0 Å². The molecule has 0 radical (unpaired) electrons. The molecular formula is C26H25BrClN3O3. The zero-order valence-electron chi connectivity index (χ0n) is 18.8. The molecule has 0 spiro atoms. The van der Waals surface area contributed by atoms with E-state index in [0.717, 1.165) is 29.9 Å². The molecule has 0 saturated carbocycles. The summed E-state index contributed by atoms with van der Waals surface area (Å²) in [5.41, 5.74) is 5.89. The Hall–Kier alpha value is -3.03. The molecule has 3 aromatic carbocycles. The molecule has 4 rings (SSSR count). The summed E-state index contributed by atoms with van der Waals surface area (Å²) < 4.78 is 12.1. The number of methoxy groups -OCH3 is 1. The molecule has 1 aliphatic heterocycles. The van der Waals surface area contributed by atoms with Crippen molar-refractivity contribution in [2.24, 2.45) is 5.10 Å². The molecule has 0 atom stereocenters. The summed E-state index contributed by atoms with van der Waals surface area (Å²) in [5.74, 6) is 0.823. The Balaban J connectivity index is 1.39. The second-order valence-corrected chi connectivity index (χ2v) is 9.12. The van der Waals surface area contributed by atoms with Gasteiger partial charge in [-0.15, -0.1) is 0 Å². The molecule has 8 heteroatoms. The van der Waals surface area contributed by atoms with Crippen LogP contribution in [0.1, 0.15) is 34.3 Å². The third-order valence-electron chi connectivity index (χ3n) is 5.56. The number of hydrogen-bond acceptors (Lipinski definition) is 5. The molecule has 1 amide bonds. The number of hydrazone groups is 1. The van der Waals surface area contributed by atoms with Crippen molar-refractivity contribution in [2.75, 3.05) is 25.1 Å². The highest BCUT2D eigenvalue weighted by Crippen LogP contribution is 2.37. The van der Waals surface area contributed by atoms with Gasteiger partial charge in [0.15, 0.2) is 11.5 Å². The predicted octanol–water partition coefficient (Wildman–Crippen LogP) is 6.05. The first-order chi connectivity index (χ1) is 16.5. The number of hydrogen-bond donors (Lipinski definition) is 1. The molecule has 0 aliphatic carbocycles. The Bertz CT molecular complexity index is 1180. The van der Waals surface area contributed by atoms with Crippen molar-refractivity contribution in [2.45, 2.75) is 19.4 Å². The van der Waals surface area contributed by atoms with Gasteiger partial charge in [0, 0.05) is 34.9 Å². The summed E-state index contributed by atoms with van der Waals surface area (Å²) in [7, 11) is 1.57. The lowest BCUT2D eigenvalue weighted by Gasteiger charge is -2.17. The fraction of sp³-hybridized carbons (Fsp3) is 0.231. The third-order valence-corrected chi connectivity index (χ3v) is 6.52. The van der Waals surface area contributed by atoms with Crippen LogP contribution in [0.4, 0.5) is 5.69 Å². The van der Waals surface area contributed by atoms with Gasteiger partial charge in [0.1, 0.15) is 6.61 Å². The number of carbonyl (C=O) groups excluding carboxylic acids is 1. The topological polar surface area (TPSA) is 63.2 Å². The SMILES string of the molecule is COc1cc(/C=N/NC(=O)c2ccc(N3CCCC3)cc2)cc(Br)c1OCc1ccccc1Cl. The zero-order chi connectivity index (χ0) is 23.9. The van der Waals surface area contributed by atoms with Crippen LogP contribution in [0.5, 0.6) is 11.5 Å². The van der Waals surface area contributed by atoms with E-state index in [4.69, 9.17) is 21.1 Å². The number of amides is 1. The van der Waals surface area contributed by atoms with Crippen molar-refractivity contribution < 1.29 is 14.3 Å². The van der Waals surface area contributed by atoms with E-state index < -0.39 is 0 Å². The fourth-order valence-corrected chi connectivity index (χ4v) is 4.51. The molecule has 0 unspecified atom stereocenters. The quantitative estimate of drug-likeness (QED) is 0.278. The van der Waals surface area contributed by atoms with Crippen LogP contribution in [-0.4, -0.2) is 32.3 Å². The van der Waals surface area contributed by atoms with Gasteiger partial charge in [-0.25, -0.2) is 5.43 Å². The molecule has 0 bridgehead atoms. The summed E-state index contributed by atoms with van der Waals surface area (Å²) in [5, 5.41) is 4.74. The summed E-state index contributed by atoms with van der Waals surface area (Å²) in [6, 6.07) is 18.7. The highest BCUT2D eigenvalue weighted by molar-refractivity contribution is 9.10. The Morgan fingerprint density at radius 1 is 1.15 bits per heavy atom. The van der Waals surface area contributed by atoms with Crippen LogP contribution in [0.25, 0.3) is 0 Å². The lowest BCUT2D eigenvalue weighted by molar-refractivity contribution is 0.0955. The maximum atomic E-state index is 12.5.